The third-order valence-electron chi connectivity index (χ3n) is 4.70. The molecular formula is C19H37N5O7. The summed E-state index contributed by atoms with van der Waals surface area (Å²) in [5, 5.41) is 35.8. The summed E-state index contributed by atoms with van der Waals surface area (Å²) in [5.74, 6) is -4.02. The van der Waals surface area contributed by atoms with E-state index in [1.165, 1.54) is 13.8 Å². The molecule has 180 valence electrons. The molecule has 10 N–H and O–H groups in total. The van der Waals surface area contributed by atoms with Gasteiger partial charge in [0, 0.05) is 0 Å². The van der Waals surface area contributed by atoms with Crippen LogP contribution in [0.15, 0.2) is 0 Å². The molecular weight excluding hydrogens is 410 g/mol. The third-order valence-corrected chi connectivity index (χ3v) is 4.70. The molecule has 6 atom stereocenters. The predicted octanol–water partition coefficient (Wildman–Crippen LogP) is -2.60. The zero-order valence-corrected chi connectivity index (χ0v) is 18.5. The number of hydrogen-bond donors (Lipinski definition) is 8. The Morgan fingerprint density at radius 2 is 1.35 bits per heavy atom. The fraction of sp³-hybridized carbons (Fsp3) is 0.789. The number of carboxylic acids is 1. The number of carbonyl (C=O) groups is 4. The zero-order valence-electron chi connectivity index (χ0n) is 18.5. The molecule has 3 amide bonds. The molecule has 12 nitrogen and oxygen atoms in total. The minimum Gasteiger partial charge on any atom is -0.480 e. The van der Waals surface area contributed by atoms with Crippen molar-refractivity contribution in [3.63, 3.8) is 0 Å². The Morgan fingerprint density at radius 1 is 0.806 bits per heavy atom. The van der Waals surface area contributed by atoms with E-state index in [9.17, 15) is 34.5 Å². The number of aliphatic carboxylic acids is 1. The molecule has 0 spiro atoms. The third kappa shape index (κ3) is 10.0. The average Bonchev–Trinajstić information content (AvgIpc) is 2.67. The molecule has 0 saturated heterocycles. The first-order chi connectivity index (χ1) is 14.3. The van der Waals surface area contributed by atoms with Gasteiger partial charge in [0.25, 0.3) is 0 Å². The fourth-order valence-electron chi connectivity index (χ4n) is 2.66. The van der Waals surface area contributed by atoms with Gasteiger partial charge in [0.15, 0.2) is 0 Å². The molecule has 0 saturated carbocycles. The number of unbranched alkanes of at least 4 members (excludes halogenated alkanes) is 1. The van der Waals surface area contributed by atoms with Crippen molar-refractivity contribution in [2.24, 2.45) is 17.4 Å². The Morgan fingerprint density at radius 3 is 1.77 bits per heavy atom. The second kappa shape index (κ2) is 13.9. The zero-order chi connectivity index (χ0) is 24.3. The highest BCUT2D eigenvalue weighted by Crippen LogP contribution is 2.07. The summed E-state index contributed by atoms with van der Waals surface area (Å²) in [7, 11) is 0. The van der Waals surface area contributed by atoms with Crippen LogP contribution in [0.1, 0.15) is 47.0 Å². The summed E-state index contributed by atoms with van der Waals surface area (Å²) in [6, 6.07) is -5.02. The number of hydrogen-bond acceptors (Lipinski definition) is 8. The standard InChI is InChI=1S/C19H37N5O7/c1-9(2)14(19(30)31)23-16(27)12(7-5-6-8-20)22-18(29)15(11(4)26)24-17(28)13(21)10(3)25/h9-15,25-26H,5-8,20-21H2,1-4H3,(H,22,29)(H,23,27)(H,24,28)(H,30,31). The van der Waals surface area contributed by atoms with Crippen LogP contribution in [0.25, 0.3) is 0 Å². The van der Waals surface area contributed by atoms with Crippen LogP contribution in [0.4, 0.5) is 0 Å². The topological polar surface area (TPSA) is 217 Å². The highest BCUT2D eigenvalue weighted by molar-refractivity contribution is 5.94. The van der Waals surface area contributed by atoms with Crippen molar-refractivity contribution in [3.05, 3.63) is 0 Å². The van der Waals surface area contributed by atoms with Gasteiger partial charge in [-0.05, 0) is 45.6 Å². The molecule has 12 heteroatoms. The molecule has 0 aliphatic carbocycles. The number of carbonyl (C=O) groups excluding carboxylic acids is 3. The highest BCUT2D eigenvalue weighted by atomic mass is 16.4. The maximum atomic E-state index is 12.7. The summed E-state index contributed by atoms with van der Waals surface area (Å²) in [6.07, 6.45) is -1.29. The maximum absolute atomic E-state index is 12.7. The highest BCUT2D eigenvalue weighted by Gasteiger charge is 2.33. The van der Waals surface area contributed by atoms with Gasteiger partial charge >= 0.3 is 5.97 Å². The van der Waals surface area contributed by atoms with Crippen molar-refractivity contribution in [1.82, 2.24) is 16.0 Å². The Bertz CT molecular complexity index is 612. The summed E-state index contributed by atoms with van der Waals surface area (Å²) in [5.41, 5.74) is 11.0. The van der Waals surface area contributed by atoms with Crippen LogP contribution >= 0.6 is 0 Å². The minimum atomic E-state index is -1.44. The first-order valence-corrected chi connectivity index (χ1v) is 10.3. The fourth-order valence-corrected chi connectivity index (χ4v) is 2.66. The van der Waals surface area contributed by atoms with E-state index in [4.69, 9.17) is 11.5 Å². The normalized spacial score (nSPS) is 17.1. The molecule has 0 aliphatic rings. The van der Waals surface area contributed by atoms with Crippen molar-refractivity contribution < 1.29 is 34.5 Å². The Labute approximate surface area is 182 Å². The summed E-state index contributed by atoms with van der Waals surface area (Å²) in [4.78, 5) is 48.9. The van der Waals surface area contributed by atoms with Gasteiger partial charge in [-0.25, -0.2) is 4.79 Å². The van der Waals surface area contributed by atoms with Gasteiger partial charge in [0.2, 0.25) is 17.7 Å². The van der Waals surface area contributed by atoms with Crippen molar-refractivity contribution in [2.45, 2.75) is 83.3 Å². The number of nitrogens with two attached hydrogens (primary N) is 2. The smallest absolute Gasteiger partial charge is 0.326 e. The van der Waals surface area contributed by atoms with Gasteiger partial charge in [-0.3, -0.25) is 14.4 Å². The van der Waals surface area contributed by atoms with Crippen molar-refractivity contribution in [2.75, 3.05) is 6.54 Å². The van der Waals surface area contributed by atoms with E-state index in [2.05, 4.69) is 16.0 Å². The molecule has 0 fully saturated rings. The molecule has 0 aromatic rings. The van der Waals surface area contributed by atoms with E-state index >= 15 is 0 Å². The number of aliphatic hydroxyl groups is 2. The van der Waals surface area contributed by atoms with E-state index in [1.807, 2.05) is 0 Å². The van der Waals surface area contributed by atoms with E-state index in [0.717, 1.165) is 0 Å². The van der Waals surface area contributed by atoms with Gasteiger partial charge in [0.05, 0.1) is 12.2 Å². The Balaban J connectivity index is 5.44. The lowest BCUT2D eigenvalue weighted by molar-refractivity contribution is -0.143. The second-order valence-electron chi connectivity index (χ2n) is 7.91. The maximum Gasteiger partial charge on any atom is 0.326 e. The molecule has 6 unspecified atom stereocenters. The number of aliphatic hydroxyl groups excluding tert-OH is 2. The summed E-state index contributed by atoms with van der Waals surface area (Å²) in [6.45, 7) is 6.20. The first-order valence-electron chi connectivity index (χ1n) is 10.3. The van der Waals surface area contributed by atoms with Crippen molar-refractivity contribution in [3.8, 4) is 0 Å². The van der Waals surface area contributed by atoms with Gasteiger partial charge < -0.3 is 42.7 Å². The Kier molecular flexibility index (Phi) is 12.9. The minimum absolute atomic E-state index is 0.173. The van der Waals surface area contributed by atoms with Crippen molar-refractivity contribution >= 4 is 23.7 Å². The summed E-state index contributed by atoms with van der Waals surface area (Å²) < 4.78 is 0. The SMILES string of the molecule is CC(C)C(NC(=O)C(CCCCN)NC(=O)C(NC(=O)C(N)C(C)O)C(C)O)C(=O)O. The molecule has 0 aromatic heterocycles. The van der Waals surface area contributed by atoms with Crippen molar-refractivity contribution in [1.29, 1.82) is 0 Å². The number of rotatable bonds is 14. The van der Waals surface area contributed by atoms with Crippen LogP contribution in [0.5, 0.6) is 0 Å². The molecule has 31 heavy (non-hydrogen) atoms. The lowest BCUT2D eigenvalue weighted by Crippen LogP contribution is -2.60. The lowest BCUT2D eigenvalue weighted by Gasteiger charge is -2.27. The van der Waals surface area contributed by atoms with Crippen LogP contribution in [0.3, 0.4) is 0 Å². The quantitative estimate of drug-likeness (QED) is 0.131. The molecule has 0 aliphatic heterocycles. The first kappa shape index (κ1) is 28.7. The van der Waals surface area contributed by atoms with Gasteiger partial charge in [0.1, 0.15) is 24.2 Å². The van der Waals surface area contributed by atoms with Gasteiger partial charge in [-0.2, -0.15) is 0 Å². The number of amides is 3. The second-order valence-corrected chi connectivity index (χ2v) is 7.91. The Hall–Kier alpha value is -2.28. The number of nitrogens with one attached hydrogen (secondary N) is 3. The van der Waals surface area contributed by atoms with Gasteiger partial charge in [-0.1, -0.05) is 13.8 Å². The average molecular weight is 448 g/mol. The largest absolute Gasteiger partial charge is 0.480 e. The van der Waals surface area contributed by atoms with E-state index in [1.54, 1.807) is 13.8 Å². The van der Waals surface area contributed by atoms with Crippen LogP contribution in [-0.4, -0.2) is 81.9 Å². The molecule has 0 radical (unpaired) electrons. The van der Waals surface area contributed by atoms with Crippen LogP contribution in [0.2, 0.25) is 0 Å². The molecule has 0 bridgehead atoms. The lowest BCUT2D eigenvalue weighted by atomic mass is 10.0. The number of carboxylic acid groups (broad SMARTS) is 1. The molecule has 0 heterocycles. The summed E-state index contributed by atoms with van der Waals surface area (Å²) >= 11 is 0. The molecule has 0 aromatic carbocycles. The van der Waals surface area contributed by atoms with Crippen LogP contribution in [0, 0.1) is 5.92 Å². The molecule has 0 rings (SSSR count). The van der Waals surface area contributed by atoms with Crippen LogP contribution in [-0.2, 0) is 19.2 Å². The predicted molar refractivity (Wildman–Crippen MR) is 113 cm³/mol. The van der Waals surface area contributed by atoms with E-state index in [0.29, 0.717) is 19.4 Å². The van der Waals surface area contributed by atoms with Crippen LogP contribution < -0.4 is 27.4 Å². The van der Waals surface area contributed by atoms with E-state index in [-0.39, 0.29) is 6.42 Å². The van der Waals surface area contributed by atoms with Gasteiger partial charge in [-0.15, -0.1) is 0 Å². The van der Waals surface area contributed by atoms with E-state index < -0.39 is 66.0 Å². The monoisotopic (exact) mass is 447 g/mol.